The highest BCUT2D eigenvalue weighted by Gasteiger charge is 2.24. The summed E-state index contributed by atoms with van der Waals surface area (Å²) in [6.45, 7) is 3.58. The Hall–Kier alpha value is -2.43. The molecule has 1 aliphatic heterocycles. The first-order chi connectivity index (χ1) is 12.7. The van der Waals surface area contributed by atoms with E-state index in [1.54, 1.807) is 7.11 Å². The predicted octanol–water partition coefficient (Wildman–Crippen LogP) is 3.52. The van der Waals surface area contributed by atoms with E-state index in [1.165, 1.54) is 5.56 Å². The van der Waals surface area contributed by atoms with E-state index in [-0.39, 0.29) is 5.91 Å². The van der Waals surface area contributed by atoms with Crippen LogP contribution in [-0.2, 0) is 11.2 Å². The third kappa shape index (κ3) is 4.81. The number of aryl methyl sites for hydroxylation is 2. The molecule has 138 valence electrons. The van der Waals surface area contributed by atoms with Crippen LogP contribution < -0.4 is 4.74 Å². The van der Waals surface area contributed by atoms with Crippen LogP contribution >= 0.6 is 0 Å². The summed E-state index contributed by atoms with van der Waals surface area (Å²) in [5, 5.41) is 0. The van der Waals surface area contributed by atoms with Crippen LogP contribution in [0.5, 0.6) is 5.75 Å². The summed E-state index contributed by atoms with van der Waals surface area (Å²) in [5.74, 6) is 2.40. The van der Waals surface area contributed by atoms with Crippen LogP contribution in [0.3, 0.4) is 0 Å². The van der Waals surface area contributed by atoms with Gasteiger partial charge in [-0.2, -0.15) is 0 Å². The summed E-state index contributed by atoms with van der Waals surface area (Å²) in [6, 6.07) is 10.1. The minimum atomic E-state index is 0.274. The van der Waals surface area contributed by atoms with Crippen LogP contribution in [-0.4, -0.2) is 41.0 Å². The van der Waals surface area contributed by atoms with Gasteiger partial charge in [-0.1, -0.05) is 12.1 Å². The van der Waals surface area contributed by atoms with Gasteiger partial charge < -0.3 is 9.64 Å². The van der Waals surface area contributed by atoms with Crippen LogP contribution in [0.1, 0.15) is 48.7 Å². The first kappa shape index (κ1) is 18.4. The number of ether oxygens (including phenoxy) is 1. The maximum absolute atomic E-state index is 12.5. The molecule has 2 aromatic rings. The molecular weight excluding hydrogens is 326 g/mol. The average molecular weight is 353 g/mol. The van der Waals surface area contributed by atoms with Crippen LogP contribution in [0.2, 0.25) is 0 Å². The van der Waals surface area contributed by atoms with E-state index in [9.17, 15) is 4.79 Å². The zero-order valence-electron chi connectivity index (χ0n) is 15.6. The van der Waals surface area contributed by atoms with E-state index in [1.807, 2.05) is 36.2 Å². The third-order valence-electron chi connectivity index (χ3n) is 5.08. The molecular formula is C21H27N3O2. The molecule has 0 N–H and O–H groups in total. The summed E-state index contributed by atoms with van der Waals surface area (Å²) in [5.41, 5.74) is 2.36. The fraction of sp³-hybridized carbons (Fsp3) is 0.476. The van der Waals surface area contributed by atoms with Gasteiger partial charge in [-0.15, -0.1) is 0 Å². The number of likely N-dealkylation sites (tertiary alicyclic amines) is 1. The summed E-state index contributed by atoms with van der Waals surface area (Å²) >= 11 is 0. The molecule has 1 fully saturated rings. The number of hydrogen-bond donors (Lipinski definition) is 0. The molecule has 0 radical (unpaired) electrons. The standard InChI is InChI=1S/C21H27N3O2/c1-16-22-13-10-20(23-16)18-11-14-24(15-12-18)21(25)5-3-4-17-6-8-19(26-2)9-7-17/h6-10,13,18H,3-5,11-12,14-15H2,1-2H3. The van der Waals surface area contributed by atoms with Crippen molar-refractivity contribution in [2.24, 2.45) is 0 Å². The molecule has 5 nitrogen and oxygen atoms in total. The minimum absolute atomic E-state index is 0.274. The first-order valence-electron chi connectivity index (χ1n) is 9.36. The Morgan fingerprint density at radius 2 is 1.92 bits per heavy atom. The number of piperidine rings is 1. The topological polar surface area (TPSA) is 55.3 Å². The number of hydrogen-bond acceptors (Lipinski definition) is 4. The molecule has 1 amide bonds. The highest BCUT2D eigenvalue weighted by molar-refractivity contribution is 5.76. The van der Waals surface area contributed by atoms with Crippen molar-refractivity contribution in [2.45, 2.75) is 44.9 Å². The molecule has 1 aliphatic rings. The molecule has 1 aromatic heterocycles. The lowest BCUT2D eigenvalue weighted by Gasteiger charge is -2.32. The summed E-state index contributed by atoms with van der Waals surface area (Å²) in [6.07, 6.45) is 6.22. The summed E-state index contributed by atoms with van der Waals surface area (Å²) < 4.78 is 5.17. The van der Waals surface area contributed by atoms with Gasteiger partial charge in [0.1, 0.15) is 11.6 Å². The molecule has 0 unspecified atom stereocenters. The van der Waals surface area contributed by atoms with Crippen molar-refractivity contribution < 1.29 is 9.53 Å². The Morgan fingerprint density at radius 1 is 1.19 bits per heavy atom. The normalized spacial score (nSPS) is 15.1. The highest BCUT2D eigenvalue weighted by atomic mass is 16.5. The predicted molar refractivity (Wildman–Crippen MR) is 101 cm³/mol. The highest BCUT2D eigenvalue weighted by Crippen LogP contribution is 2.27. The molecule has 5 heteroatoms. The number of rotatable bonds is 6. The summed E-state index contributed by atoms with van der Waals surface area (Å²) in [7, 11) is 1.67. The molecule has 0 atom stereocenters. The Morgan fingerprint density at radius 3 is 2.58 bits per heavy atom. The molecule has 0 spiro atoms. The van der Waals surface area contributed by atoms with Gasteiger partial charge in [-0.25, -0.2) is 9.97 Å². The molecule has 0 bridgehead atoms. The lowest BCUT2D eigenvalue weighted by molar-refractivity contribution is -0.132. The maximum atomic E-state index is 12.5. The van der Waals surface area contributed by atoms with Crippen LogP contribution in [0.15, 0.2) is 36.5 Å². The molecule has 1 aromatic carbocycles. The fourth-order valence-electron chi connectivity index (χ4n) is 3.52. The van der Waals surface area contributed by atoms with Crippen molar-refractivity contribution in [2.75, 3.05) is 20.2 Å². The molecule has 0 aliphatic carbocycles. The van der Waals surface area contributed by atoms with Gasteiger partial charge in [0.25, 0.3) is 0 Å². The van der Waals surface area contributed by atoms with E-state index in [2.05, 4.69) is 22.1 Å². The Bertz CT molecular complexity index is 722. The SMILES string of the molecule is COc1ccc(CCCC(=O)N2CCC(c3ccnc(C)n3)CC2)cc1. The third-order valence-corrected chi connectivity index (χ3v) is 5.08. The summed E-state index contributed by atoms with van der Waals surface area (Å²) in [4.78, 5) is 23.2. The average Bonchev–Trinajstić information content (AvgIpc) is 2.68. The largest absolute Gasteiger partial charge is 0.497 e. The maximum Gasteiger partial charge on any atom is 0.222 e. The van der Waals surface area contributed by atoms with E-state index < -0.39 is 0 Å². The van der Waals surface area contributed by atoms with Gasteiger partial charge in [-0.05, 0) is 56.4 Å². The minimum Gasteiger partial charge on any atom is -0.497 e. The lowest BCUT2D eigenvalue weighted by Crippen LogP contribution is -2.38. The van der Waals surface area contributed by atoms with Gasteiger partial charge in [0, 0.05) is 37.3 Å². The van der Waals surface area contributed by atoms with Crippen molar-refractivity contribution in [3.63, 3.8) is 0 Å². The van der Waals surface area contributed by atoms with Gasteiger partial charge in [-0.3, -0.25) is 4.79 Å². The monoisotopic (exact) mass is 353 g/mol. The van der Waals surface area contributed by atoms with Crippen LogP contribution in [0.4, 0.5) is 0 Å². The Kier molecular flexibility index (Phi) is 6.21. The van der Waals surface area contributed by atoms with Gasteiger partial charge in [0.15, 0.2) is 0 Å². The second-order valence-electron chi connectivity index (χ2n) is 6.89. The van der Waals surface area contributed by atoms with Crippen molar-refractivity contribution in [3.05, 3.63) is 53.6 Å². The molecule has 3 rings (SSSR count). The van der Waals surface area contributed by atoms with Crippen molar-refractivity contribution in [1.29, 1.82) is 0 Å². The van der Waals surface area contributed by atoms with E-state index in [0.29, 0.717) is 12.3 Å². The Labute approximate surface area is 155 Å². The van der Waals surface area contributed by atoms with E-state index in [4.69, 9.17) is 4.74 Å². The number of benzene rings is 1. The number of carbonyl (C=O) groups excluding carboxylic acids is 1. The number of amides is 1. The zero-order chi connectivity index (χ0) is 18.4. The molecule has 2 heterocycles. The zero-order valence-corrected chi connectivity index (χ0v) is 15.6. The second-order valence-corrected chi connectivity index (χ2v) is 6.89. The molecule has 0 saturated carbocycles. The van der Waals surface area contributed by atoms with Crippen LogP contribution in [0.25, 0.3) is 0 Å². The van der Waals surface area contributed by atoms with Gasteiger partial charge in [0.2, 0.25) is 5.91 Å². The first-order valence-corrected chi connectivity index (χ1v) is 9.36. The van der Waals surface area contributed by atoms with Gasteiger partial charge in [0.05, 0.1) is 7.11 Å². The Balaban J connectivity index is 1.42. The number of nitrogens with zero attached hydrogens (tertiary/aromatic N) is 3. The number of methoxy groups -OCH3 is 1. The molecule has 26 heavy (non-hydrogen) atoms. The van der Waals surface area contributed by atoms with E-state index >= 15 is 0 Å². The second kappa shape index (κ2) is 8.79. The number of aromatic nitrogens is 2. The quantitative estimate of drug-likeness (QED) is 0.797. The van der Waals surface area contributed by atoms with Crippen LogP contribution in [0, 0.1) is 6.92 Å². The van der Waals surface area contributed by atoms with Crippen molar-refractivity contribution in [3.8, 4) is 5.75 Å². The van der Waals surface area contributed by atoms with Crippen molar-refractivity contribution in [1.82, 2.24) is 14.9 Å². The van der Waals surface area contributed by atoms with E-state index in [0.717, 1.165) is 56.0 Å². The molecule has 1 saturated heterocycles. The van der Waals surface area contributed by atoms with Crippen molar-refractivity contribution >= 4 is 5.91 Å². The lowest BCUT2D eigenvalue weighted by atomic mass is 9.93. The van der Waals surface area contributed by atoms with Gasteiger partial charge >= 0.3 is 0 Å². The smallest absolute Gasteiger partial charge is 0.222 e. The fourth-order valence-corrected chi connectivity index (χ4v) is 3.52. The number of carbonyl (C=O) groups is 1.